The second kappa shape index (κ2) is 8.34. The van der Waals surface area contributed by atoms with Crippen LogP contribution in [0.4, 0.5) is 4.79 Å². The molecule has 2 atom stereocenters. The number of nitrogens with zero attached hydrogens (tertiary/aromatic N) is 1. The van der Waals surface area contributed by atoms with Crippen molar-refractivity contribution < 1.29 is 9.59 Å². The van der Waals surface area contributed by atoms with Crippen molar-refractivity contribution in [3.63, 3.8) is 0 Å². The first-order chi connectivity index (χ1) is 12.1. The molecule has 0 aliphatic carbocycles. The van der Waals surface area contributed by atoms with Gasteiger partial charge in [-0.15, -0.1) is 0 Å². The highest BCUT2D eigenvalue weighted by Crippen LogP contribution is 2.18. The topological polar surface area (TPSA) is 73.5 Å². The number of hydrogen-bond donors (Lipinski definition) is 3. The van der Waals surface area contributed by atoms with Crippen molar-refractivity contribution in [2.24, 2.45) is 0 Å². The Bertz CT molecular complexity index is 619. The largest absolute Gasteiger partial charge is 0.353 e. The van der Waals surface area contributed by atoms with Crippen LogP contribution in [0, 0.1) is 0 Å². The molecule has 2 aliphatic rings. The normalized spacial score (nSPS) is 22.8. The van der Waals surface area contributed by atoms with E-state index in [1.54, 1.807) is 0 Å². The number of benzene rings is 1. The summed E-state index contributed by atoms with van der Waals surface area (Å²) in [5, 5.41) is 9.32. The molecule has 1 aromatic rings. The standard InChI is InChI=1S/C19H28N4O2/c1-14-12-17(6-9-20-14)22-18(24)7-10-21-19(25)23-11-8-15-4-2-3-5-16(15)13-23/h2-5,14,17,20H,6-13H2,1H3,(H,21,25)(H,22,24). The van der Waals surface area contributed by atoms with E-state index >= 15 is 0 Å². The van der Waals surface area contributed by atoms with Crippen LogP contribution in [0.25, 0.3) is 0 Å². The van der Waals surface area contributed by atoms with E-state index in [9.17, 15) is 9.59 Å². The first-order valence-corrected chi connectivity index (χ1v) is 9.24. The van der Waals surface area contributed by atoms with E-state index in [0.717, 1.165) is 32.4 Å². The van der Waals surface area contributed by atoms with Gasteiger partial charge in [0, 0.05) is 38.1 Å². The van der Waals surface area contributed by atoms with Crippen molar-refractivity contribution in [1.82, 2.24) is 20.9 Å². The molecule has 0 saturated carbocycles. The molecule has 2 aliphatic heterocycles. The maximum atomic E-state index is 12.3. The summed E-state index contributed by atoms with van der Waals surface area (Å²) in [6.07, 6.45) is 3.15. The first kappa shape index (κ1) is 17.7. The van der Waals surface area contributed by atoms with Crippen molar-refractivity contribution in [2.45, 2.75) is 51.2 Å². The first-order valence-electron chi connectivity index (χ1n) is 9.24. The summed E-state index contributed by atoms with van der Waals surface area (Å²) in [5.74, 6) is 0.0170. The zero-order chi connectivity index (χ0) is 17.6. The van der Waals surface area contributed by atoms with E-state index in [2.05, 4.69) is 35.0 Å². The van der Waals surface area contributed by atoms with Gasteiger partial charge in [-0.25, -0.2) is 4.79 Å². The molecule has 3 amide bonds. The molecule has 0 radical (unpaired) electrons. The van der Waals surface area contributed by atoms with Crippen LogP contribution in [0.3, 0.4) is 0 Å². The second-order valence-corrected chi connectivity index (χ2v) is 7.07. The molecule has 0 aromatic heterocycles. The van der Waals surface area contributed by atoms with E-state index in [1.807, 2.05) is 17.0 Å². The van der Waals surface area contributed by atoms with E-state index in [-0.39, 0.29) is 18.0 Å². The molecular formula is C19H28N4O2. The van der Waals surface area contributed by atoms with Crippen molar-refractivity contribution in [3.05, 3.63) is 35.4 Å². The van der Waals surface area contributed by atoms with Crippen molar-refractivity contribution in [3.8, 4) is 0 Å². The molecule has 25 heavy (non-hydrogen) atoms. The predicted molar refractivity (Wildman–Crippen MR) is 97.2 cm³/mol. The van der Waals surface area contributed by atoms with Crippen LogP contribution >= 0.6 is 0 Å². The number of urea groups is 1. The van der Waals surface area contributed by atoms with E-state index in [0.29, 0.717) is 25.6 Å². The minimum atomic E-state index is -0.0854. The average Bonchev–Trinajstić information content (AvgIpc) is 2.61. The summed E-state index contributed by atoms with van der Waals surface area (Å²) in [6.45, 7) is 4.82. The Morgan fingerprint density at radius 2 is 2.08 bits per heavy atom. The molecule has 1 aromatic carbocycles. The van der Waals surface area contributed by atoms with Crippen LogP contribution in [0.15, 0.2) is 24.3 Å². The number of amides is 3. The van der Waals surface area contributed by atoms with E-state index in [4.69, 9.17) is 0 Å². The highest BCUT2D eigenvalue weighted by Gasteiger charge is 2.21. The van der Waals surface area contributed by atoms with E-state index in [1.165, 1.54) is 11.1 Å². The lowest BCUT2D eigenvalue weighted by Crippen LogP contribution is -2.47. The van der Waals surface area contributed by atoms with Crippen LogP contribution in [0.5, 0.6) is 0 Å². The van der Waals surface area contributed by atoms with Gasteiger partial charge in [0.25, 0.3) is 0 Å². The second-order valence-electron chi connectivity index (χ2n) is 7.07. The van der Waals surface area contributed by atoms with Gasteiger partial charge >= 0.3 is 6.03 Å². The lowest BCUT2D eigenvalue weighted by Gasteiger charge is -2.29. The Hall–Kier alpha value is -2.08. The highest BCUT2D eigenvalue weighted by molar-refractivity contribution is 5.78. The minimum Gasteiger partial charge on any atom is -0.353 e. The summed E-state index contributed by atoms with van der Waals surface area (Å²) in [5.41, 5.74) is 2.53. The maximum Gasteiger partial charge on any atom is 0.317 e. The fourth-order valence-corrected chi connectivity index (χ4v) is 3.63. The molecule has 6 nitrogen and oxygen atoms in total. The quantitative estimate of drug-likeness (QED) is 0.773. The van der Waals surface area contributed by atoms with Gasteiger partial charge in [0.2, 0.25) is 5.91 Å². The monoisotopic (exact) mass is 344 g/mol. The summed E-state index contributed by atoms with van der Waals surface area (Å²) >= 11 is 0. The summed E-state index contributed by atoms with van der Waals surface area (Å²) < 4.78 is 0. The van der Waals surface area contributed by atoms with Crippen LogP contribution in [0.1, 0.15) is 37.3 Å². The van der Waals surface area contributed by atoms with Crippen molar-refractivity contribution in [1.29, 1.82) is 0 Å². The third-order valence-corrected chi connectivity index (χ3v) is 5.03. The fourth-order valence-electron chi connectivity index (χ4n) is 3.63. The zero-order valence-corrected chi connectivity index (χ0v) is 14.9. The molecular weight excluding hydrogens is 316 g/mol. The molecule has 3 rings (SSSR count). The minimum absolute atomic E-state index is 0.0170. The molecule has 2 heterocycles. The Kier molecular flexibility index (Phi) is 5.91. The molecule has 0 spiro atoms. The number of fused-ring (bicyclic) bond motifs is 1. The van der Waals surface area contributed by atoms with Gasteiger partial charge in [0.15, 0.2) is 0 Å². The van der Waals surface area contributed by atoms with Crippen molar-refractivity contribution >= 4 is 11.9 Å². The van der Waals surface area contributed by atoms with Gasteiger partial charge in [-0.05, 0) is 43.9 Å². The average molecular weight is 344 g/mol. The lowest BCUT2D eigenvalue weighted by atomic mass is 10.0. The van der Waals surface area contributed by atoms with E-state index < -0.39 is 0 Å². The molecule has 0 bridgehead atoms. The Labute approximate surface area is 149 Å². The molecule has 1 fully saturated rings. The Morgan fingerprint density at radius 1 is 1.28 bits per heavy atom. The highest BCUT2D eigenvalue weighted by atomic mass is 16.2. The van der Waals surface area contributed by atoms with Crippen LogP contribution < -0.4 is 16.0 Å². The summed E-state index contributed by atoms with van der Waals surface area (Å²) in [4.78, 5) is 26.2. The van der Waals surface area contributed by atoms with Gasteiger partial charge < -0.3 is 20.9 Å². The third kappa shape index (κ3) is 4.95. The fraction of sp³-hybridized carbons (Fsp3) is 0.579. The van der Waals surface area contributed by atoms with Crippen molar-refractivity contribution in [2.75, 3.05) is 19.6 Å². The number of hydrogen-bond acceptors (Lipinski definition) is 3. The molecule has 3 N–H and O–H groups in total. The lowest BCUT2D eigenvalue weighted by molar-refractivity contribution is -0.121. The number of nitrogens with one attached hydrogen (secondary N) is 3. The molecule has 2 unspecified atom stereocenters. The van der Waals surface area contributed by atoms with Gasteiger partial charge in [0.05, 0.1) is 0 Å². The smallest absolute Gasteiger partial charge is 0.317 e. The third-order valence-electron chi connectivity index (χ3n) is 5.03. The summed E-state index contributed by atoms with van der Waals surface area (Å²) in [7, 11) is 0. The SMILES string of the molecule is CC1CC(NC(=O)CCNC(=O)N2CCc3ccccc3C2)CCN1. The zero-order valence-electron chi connectivity index (χ0n) is 14.9. The summed E-state index contributed by atoms with van der Waals surface area (Å²) in [6, 6.07) is 8.85. The van der Waals surface area contributed by atoms with Gasteiger partial charge in [-0.2, -0.15) is 0 Å². The predicted octanol–water partition coefficient (Wildman–Crippen LogP) is 1.40. The number of rotatable bonds is 4. The number of piperidine rings is 1. The Balaban J connectivity index is 1.37. The van der Waals surface area contributed by atoms with Gasteiger partial charge in [-0.3, -0.25) is 4.79 Å². The van der Waals surface area contributed by atoms with Gasteiger partial charge in [0.1, 0.15) is 0 Å². The molecule has 136 valence electrons. The molecule has 6 heteroatoms. The van der Waals surface area contributed by atoms with Crippen LogP contribution in [-0.4, -0.2) is 48.6 Å². The maximum absolute atomic E-state index is 12.3. The van der Waals surface area contributed by atoms with Gasteiger partial charge in [-0.1, -0.05) is 24.3 Å². The Morgan fingerprint density at radius 3 is 2.88 bits per heavy atom. The van der Waals surface area contributed by atoms with Crippen LogP contribution in [0.2, 0.25) is 0 Å². The molecule has 1 saturated heterocycles. The number of carbonyl (C=O) groups excluding carboxylic acids is 2. The van der Waals surface area contributed by atoms with Crippen LogP contribution in [-0.2, 0) is 17.8 Å². The number of carbonyl (C=O) groups is 2.